The van der Waals surface area contributed by atoms with E-state index in [-0.39, 0.29) is 6.04 Å². The summed E-state index contributed by atoms with van der Waals surface area (Å²) >= 11 is 0. The highest BCUT2D eigenvalue weighted by Crippen LogP contribution is 2.21. The Labute approximate surface area is 100.0 Å². The van der Waals surface area contributed by atoms with Crippen LogP contribution in [0.5, 0.6) is 0 Å². The number of hydrogen-bond acceptors (Lipinski definition) is 5. The van der Waals surface area contributed by atoms with Gasteiger partial charge < -0.3 is 20.2 Å². The molecule has 0 aliphatic rings. The lowest BCUT2D eigenvalue weighted by molar-refractivity contribution is 0.141. The summed E-state index contributed by atoms with van der Waals surface area (Å²) in [4.78, 5) is 4.31. The van der Waals surface area contributed by atoms with E-state index >= 15 is 0 Å². The minimum Gasteiger partial charge on any atom is -0.423 e. The summed E-state index contributed by atoms with van der Waals surface area (Å²) in [5.41, 5.74) is 7.83. The molecule has 0 aliphatic carbocycles. The van der Waals surface area contributed by atoms with Crippen LogP contribution in [0.4, 0.5) is 11.7 Å². The summed E-state index contributed by atoms with van der Waals surface area (Å²) in [6, 6.07) is 6.06. The number of oxazole rings is 1. The number of ether oxygens (including phenoxy) is 1. The van der Waals surface area contributed by atoms with Crippen molar-refractivity contribution in [3.8, 4) is 0 Å². The lowest BCUT2D eigenvalue weighted by Gasteiger charge is -2.10. The number of nitrogens with one attached hydrogen (secondary N) is 1. The largest absolute Gasteiger partial charge is 0.423 e. The summed E-state index contributed by atoms with van der Waals surface area (Å²) in [5.74, 6) is 0. The van der Waals surface area contributed by atoms with Crippen molar-refractivity contribution in [2.24, 2.45) is 0 Å². The molecule has 0 bridgehead atoms. The Bertz CT molecular complexity index is 495. The molecule has 1 unspecified atom stereocenters. The van der Waals surface area contributed by atoms with Gasteiger partial charge in [0.2, 0.25) is 0 Å². The van der Waals surface area contributed by atoms with Crippen LogP contribution in [-0.4, -0.2) is 24.2 Å². The van der Waals surface area contributed by atoms with Gasteiger partial charge in [0.25, 0.3) is 6.01 Å². The molecule has 5 nitrogen and oxygen atoms in total. The van der Waals surface area contributed by atoms with Gasteiger partial charge in [-0.2, -0.15) is 4.98 Å². The first-order valence-electron chi connectivity index (χ1n) is 5.69. The molecule has 0 saturated carbocycles. The highest BCUT2D eigenvalue weighted by atomic mass is 16.5. The molecule has 5 heteroatoms. The third kappa shape index (κ3) is 2.88. The normalized spacial score (nSPS) is 12.8. The molecule has 1 aromatic heterocycles. The smallest absolute Gasteiger partial charge is 0.295 e. The van der Waals surface area contributed by atoms with Crippen molar-refractivity contribution in [3.05, 3.63) is 18.2 Å². The SMILES string of the molecule is CCOCC(C)Nc1nc2ccc(N)cc2o1. The van der Waals surface area contributed by atoms with Crippen LogP contribution >= 0.6 is 0 Å². The van der Waals surface area contributed by atoms with Gasteiger partial charge in [0.1, 0.15) is 5.52 Å². The number of aromatic nitrogens is 1. The maximum Gasteiger partial charge on any atom is 0.295 e. The van der Waals surface area contributed by atoms with Crippen molar-refractivity contribution < 1.29 is 9.15 Å². The predicted molar refractivity (Wildman–Crippen MR) is 68.0 cm³/mol. The zero-order valence-electron chi connectivity index (χ0n) is 10.1. The fraction of sp³-hybridized carbons (Fsp3) is 0.417. The molecule has 17 heavy (non-hydrogen) atoms. The number of nitrogen functional groups attached to an aromatic ring is 1. The van der Waals surface area contributed by atoms with Gasteiger partial charge in [-0.1, -0.05) is 0 Å². The third-order valence-electron chi connectivity index (χ3n) is 2.35. The topological polar surface area (TPSA) is 73.3 Å². The Morgan fingerprint density at radius 1 is 1.53 bits per heavy atom. The van der Waals surface area contributed by atoms with Crippen LogP contribution in [0.1, 0.15) is 13.8 Å². The fourth-order valence-electron chi connectivity index (χ4n) is 1.55. The summed E-state index contributed by atoms with van der Waals surface area (Å²) in [6.45, 7) is 5.31. The molecule has 0 fully saturated rings. The minimum absolute atomic E-state index is 0.153. The van der Waals surface area contributed by atoms with Gasteiger partial charge in [-0.3, -0.25) is 0 Å². The third-order valence-corrected chi connectivity index (χ3v) is 2.35. The average Bonchev–Trinajstić information content (AvgIpc) is 2.67. The molecule has 0 spiro atoms. The number of nitrogens with two attached hydrogens (primary N) is 1. The number of fused-ring (bicyclic) bond motifs is 1. The van der Waals surface area contributed by atoms with E-state index in [9.17, 15) is 0 Å². The van der Waals surface area contributed by atoms with E-state index in [1.807, 2.05) is 19.9 Å². The second-order valence-electron chi connectivity index (χ2n) is 3.95. The van der Waals surface area contributed by atoms with Gasteiger partial charge in [0, 0.05) is 18.4 Å². The monoisotopic (exact) mass is 235 g/mol. The highest BCUT2D eigenvalue weighted by Gasteiger charge is 2.08. The molecule has 2 aromatic rings. The zero-order valence-corrected chi connectivity index (χ0v) is 10.1. The number of benzene rings is 1. The highest BCUT2D eigenvalue weighted by molar-refractivity contribution is 5.78. The van der Waals surface area contributed by atoms with Crippen LogP contribution in [0.15, 0.2) is 22.6 Å². The Kier molecular flexibility index (Phi) is 3.49. The molecule has 1 aromatic carbocycles. The van der Waals surface area contributed by atoms with Crippen molar-refractivity contribution >= 4 is 22.8 Å². The van der Waals surface area contributed by atoms with Crippen molar-refractivity contribution in [2.45, 2.75) is 19.9 Å². The quantitative estimate of drug-likeness (QED) is 0.777. The van der Waals surface area contributed by atoms with Gasteiger partial charge in [0.05, 0.1) is 12.6 Å². The van der Waals surface area contributed by atoms with E-state index in [0.717, 1.165) is 5.52 Å². The Hall–Kier alpha value is -1.75. The maximum atomic E-state index is 5.67. The van der Waals surface area contributed by atoms with E-state index in [1.165, 1.54) is 0 Å². The first kappa shape index (κ1) is 11.7. The van der Waals surface area contributed by atoms with E-state index in [0.29, 0.717) is 30.5 Å². The maximum absolute atomic E-state index is 5.67. The van der Waals surface area contributed by atoms with Crippen molar-refractivity contribution in [1.29, 1.82) is 0 Å². The van der Waals surface area contributed by atoms with E-state index in [1.54, 1.807) is 12.1 Å². The number of anilines is 2. The molecular weight excluding hydrogens is 218 g/mol. The molecule has 0 aliphatic heterocycles. The molecule has 2 rings (SSSR count). The summed E-state index contributed by atoms with van der Waals surface area (Å²) in [5, 5.41) is 3.14. The molecule has 0 amide bonds. The number of rotatable bonds is 5. The second kappa shape index (κ2) is 5.05. The van der Waals surface area contributed by atoms with E-state index in [2.05, 4.69) is 10.3 Å². The van der Waals surface area contributed by atoms with Crippen molar-refractivity contribution in [1.82, 2.24) is 4.98 Å². The van der Waals surface area contributed by atoms with Crippen LogP contribution < -0.4 is 11.1 Å². The molecule has 1 heterocycles. The van der Waals surface area contributed by atoms with Crippen LogP contribution in [-0.2, 0) is 4.74 Å². The van der Waals surface area contributed by atoms with Crippen LogP contribution in [0.3, 0.4) is 0 Å². The van der Waals surface area contributed by atoms with Gasteiger partial charge in [-0.25, -0.2) is 0 Å². The summed E-state index contributed by atoms with van der Waals surface area (Å²) < 4.78 is 10.9. The van der Waals surface area contributed by atoms with Crippen LogP contribution in [0, 0.1) is 0 Å². The summed E-state index contributed by atoms with van der Waals surface area (Å²) in [7, 11) is 0. The standard InChI is InChI=1S/C12H17N3O2/c1-3-16-7-8(2)14-12-15-10-5-4-9(13)6-11(10)17-12/h4-6,8H,3,7,13H2,1-2H3,(H,14,15). The first-order valence-corrected chi connectivity index (χ1v) is 5.69. The lowest BCUT2D eigenvalue weighted by Crippen LogP contribution is -2.21. The van der Waals surface area contributed by atoms with Crippen LogP contribution in [0.2, 0.25) is 0 Å². The van der Waals surface area contributed by atoms with Crippen molar-refractivity contribution in [3.63, 3.8) is 0 Å². The molecule has 92 valence electrons. The Morgan fingerprint density at radius 2 is 2.35 bits per heavy atom. The fourth-order valence-corrected chi connectivity index (χ4v) is 1.55. The second-order valence-corrected chi connectivity index (χ2v) is 3.95. The average molecular weight is 235 g/mol. The summed E-state index contributed by atoms with van der Waals surface area (Å²) in [6.07, 6.45) is 0. The van der Waals surface area contributed by atoms with Crippen molar-refractivity contribution in [2.75, 3.05) is 24.3 Å². The molecular formula is C12H17N3O2. The molecule has 0 radical (unpaired) electrons. The van der Waals surface area contributed by atoms with Gasteiger partial charge in [-0.15, -0.1) is 0 Å². The Balaban J connectivity index is 2.08. The van der Waals surface area contributed by atoms with Gasteiger partial charge >= 0.3 is 0 Å². The number of nitrogens with zero attached hydrogens (tertiary/aromatic N) is 1. The van der Waals surface area contributed by atoms with E-state index < -0.39 is 0 Å². The lowest BCUT2D eigenvalue weighted by atomic mass is 10.3. The number of hydrogen-bond donors (Lipinski definition) is 2. The van der Waals surface area contributed by atoms with E-state index in [4.69, 9.17) is 14.9 Å². The Morgan fingerprint density at radius 3 is 3.12 bits per heavy atom. The zero-order chi connectivity index (χ0) is 12.3. The van der Waals surface area contributed by atoms with Gasteiger partial charge in [0.15, 0.2) is 5.58 Å². The van der Waals surface area contributed by atoms with Crippen LogP contribution in [0.25, 0.3) is 11.1 Å². The first-order chi connectivity index (χ1) is 8.19. The molecule has 3 N–H and O–H groups in total. The van der Waals surface area contributed by atoms with Gasteiger partial charge in [-0.05, 0) is 26.0 Å². The minimum atomic E-state index is 0.153. The molecule has 1 atom stereocenters. The molecule has 0 saturated heterocycles. The predicted octanol–water partition coefficient (Wildman–Crippen LogP) is 2.25.